The zero-order valence-electron chi connectivity index (χ0n) is 19.1. The normalized spacial score (nSPS) is 34.8. The van der Waals surface area contributed by atoms with Crippen LogP contribution in [0.3, 0.4) is 0 Å². The Morgan fingerprint density at radius 3 is 1.91 bits per heavy atom. The molecule has 0 spiro atoms. The zero-order chi connectivity index (χ0) is 21.7. The van der Waals surface area contributed by atoms with Gasteiger partial charge in [-0.2, -0.15) is 0 Å². The van der Waals surface area contributed by atoms with Gasteiger partial charge in [0.05, 0.1) is 36.6 Å². The molecule has 8 unspecified atom stereocenters. The second kappa shape index (κ2) is 8.57. The molecule has 2 aliphatic heterocycles. The number of rotatable bonds is 7. The second-order valence-electron chi connectivity index (χ2n) is 10.1. The van der Waals surface area contributed by atoms with E-state index in [1.165, 1.54) is 22.3 Å². The fourth-order valence-corrected chi connectivity index (χ4v) is 6.56. The fraction of sp³-hybridized carbons (Fsp3) is 0.571. The molecule has 6 rings (SSSR count). The van der Waals surface area contributed by atoms with Crippen molar-refractivity contribution in [3.8, 4) is 11.1 Å². The molecule has 0 radical (unpaired) electrons. The standard InChI is InChI=1S/C28H34O4/c1-29-27(18-11-13-22-24(15-18)31-22)21-10-6-9-20(17-7-4-3-5-8-17)26(21)28(30-2)19-12-14-23-25(16-19)32-23/h3-10,18-19,22-25,27-28H,11-16H2,1-2H3. The van der Waals surface area contributed by atoms with Crippen LogP contribution >= 0.6 is 0 Å². The summed E-state index contributed by atoms with van der Waals surface area (Å²) >= 11 is 0. The smallest absolute Gasteiger partial charge is 0.0859 e. The third-order valence-electron chi connectivity index (χ3n) is 8.27. The molecule has 4 heteroatoms. The van der Waals surface area contributed by atoms with Crippen LogP contribution in [0.4, 0.5) is 0 Å². The minimum atomic E-state index is 0.0396. The summed E-state index contributed by atoms with van der Waals surface area (Å²) in [7, 11) is 3.75. The van der Waals surface area contributed by atoms with Gasteiger partial charge >= 0.3 is 0 Å². The maximum absolute atomic E-state index is 6.32. The van der Waals surface area contributed by atoms with Crippen LogP contribution in [-0.4, -0.2) is 38.6 Å². The molecule has 4 aliphatic rings. The number of ether oxygens (including phenoxy) is 4. The van der Waals surface area contributed by atoms with Gasteiger partial charge in [-0.25, -0.2) is 0 Å². The molecular formula is C28H34O4. The molecule has 2 aliphatic carbocycles. The Labute approximate surface area is 191 Å². The summed E-state index contributed by atoms with van der Waals surface area (Å²) in [6, 6.07) is 17.5. The van der Waals surface area contributed by atoms with Crippen LogP contribution in [0.25, 0.3) is 11.1 Å². The topological polar surface area (TPSA) is 43.5 Å². The predicted molar refractivity (Wildman–Crippen MR) is 123 cm³/mol. The van der Waals surface area contributed by atoms with Crippen LogP contribution in [0.15, 0.2) is 48.5 Å². The first-order valence-electron chi connectivity index (χ1n) is 12.3. The Morgan fingerprint density at radius 1 is 0.688 bits per heavy atom. The largest absolute Gasteiger partial charge is 0.376 e. The molecule has 0 bridgehead atoms. The molecular weight excluding hydrogens is 400 g/mol. The molecule has 4 fully saturated rings. The van der Waals surface area contributed by atoms with E-state index in [1.807, 2.05) is 14.2 Å². The lowest BCUT2D eigenvalue weighted by atomic mass is 9.75. The molecule has 0 aromatic heterocycles. The van der Waals surface area contributed by atoms with E-state index in [1.54, 1.807) is 0 Å². The highest BCUT2D eigenvalue weighted by molar-refractivity contribution is 5.69. The zero-order valence-corrected chi connectivity index (χ0v) is 19.1. The number of fused-ring (bicyclic) bond motifs is 2. The van der Waals surface area contributed by atoms with Crippen LogP contribution in [0.5, 0.6) is 0 Å². The first kappa shape index (κ1) is 20.9. The van der Waals surface area contributed by atoms with Crippen molar-refractivity contribution in [1.82, 2.24) is 0 Å². The number of hydrogen-bond donors (Lipinski definition) is 0. The van der Waals surface area contributed by atoms with E-state index in [0.717, 1.165) is 38.5 Å². The van der Waals surface area contributed by atoms with Gasteiger partial charge in [-0.05, 0) is 72.6 Å². The van der Waals surface area contributed by atoms with Gasteiger partial charge in [0.25, 0.3) is 0 Å². The van der Waals surface area contributed by atoms with E-state index in [2.05, 4.69) is 48.5 Å². The predicted octanol–water partition coefficient (Wildman–Crippen LogP) is 5.86. The molecule has 170 valence electrons. The number of hydrogen-bond acceptors (Lipinski definition) is 4. The lowest BCUT2D eigenvalue weighted by Crippen LogP contribution is -2.27. The molecule has 2 aromatic rings. The van der Waals surface area contributed by atoms with Crippen LogP contribution in [0.2, 0.25) is 0 Å². The average Bonchev–Trinajstić information content (AvgIpc) is 3.75. The average molecular weight is 435 g/mol. The summed E-state index contributed by atoms with van der Waals surface area (Å²) in [4.78, 5) is 0. The Hall–Kier alpha value is -1.72. The quantitative estimate of drug-likeness (QED) is 0.512. The minimum Gasteiger partial charge on any atom is -0.376 e. The highest BCUT2D eigenvalue weighted by Crippen LogP contribution is 2.51. The molecule has 2 aromatic carbocycles. The fourth-order valence-electron chi connectivity index (χ4n) is 6.56. The van der Waals surface area contributed by atoms with Gasteiger partial charge < -0.3 is 18.9 Å². The summed E-state index contributed by atoms with van der Waals surface area (Å²) in [5, 5.41) is 0. The first-order chi connectivity index (χ1) is 15.8. The van der Waals surface area contributed by atoms with Crippen molar-refractivity contribution in [2.24, 2.45) is 11.8 Å². The van der Waals surface area contributed by atoms with Crippen molar-refractivity contribution >= 4 is 0 Å². The van der Waals surface area contributed by atoms with Gasteiger partial charge in [-0.3, -0.25) is 0 Å². The summed E-state index contributed by atoms with van der Waals surface area (Å²) in [5.74, 6) is 0.945. The molecule has 2 saturated carbocycles. The SMILES string of the molecule is COC(c1cccc(-c2ccccc2)c1C(OC)C1CCC2OC2C1)C1CCC2OC2C1. The Bertz CT molecular complexity index is 944. The lowest BCUT2D eigenvalue weighted by molar-refractivity contribution is 0.0207. The van der Waals surface area contributed by atoms with E-state index in [-0.39, 0.29) is 12.2 Å². The Balaban J connectivity index is 1.43. The third-order valence-corrected chi connectivity index (χ3v) is 8.27. The molecule has 2 saturated heterocycles. The van der Waals surface area contributed by atoms with Gasteiger partial charge in [0.2, 0.25) is 0 Å². The van der Waals surface area contributed by atoms with Gasteiger partial charge in [-0.15, -0.1) is 0 Å². The minimum absolute atomic E-state index is 0.0396. The van der Waals surface area contributed by atoms with E-state index in [9.17, 15) is 0 Å². The molecule has 0 N–H and O–H groups in total. The van der Waals surface area contributed by atoms with Gasteiger partial charge in [-0.1, -0.05) is 48.5 Å². The molecule has 0 amide bonds. The molecule has 32 heavy (non-hydrogen) atoms. The van der Waals surface area contributed by atoms with Gasteiger partial charge in [0.15, 0.2) is 0 Å². The van der Waals surface area contributed by atoms with Crippen molar-refractivity contribution in [1.29, 1.82) is 0 Å². The van der Waals surface area contributed by atoms with Crippen LogP contribution in [0, 0.1) is 11.8 Å². The van der Waals surface area contributed by atoms with E-state index in [4.69, 9.17) is 18.9 Å². The summed E-state index contributed by atoms with van der Waals surface area (Å²) < 4.78 is 24.3. The van der Waals surface area contributed by atoms with E-state index >= 15 is 0 Å². The van der Waals surface area contributed by atoms with E-state index in [0.29, 0.717) is 36.3 Å². The van der Waals surface area contributed by atoms with Crippen molar-refractivity contribution < 1.29 is 18.9 Å². The van der Waals surface area contributed by atoms with E-state index < -0.39 is 0 Å². The molecule has 2 heterocycles. The Morgan fingerprint density at radius 2 is 1.31 bits per heavy atom. The van der Waals surface area contributed by atoms with Crippen molar-refractivity contribution in [3.63, 3.8) is 0 Å². The summed E-state index contributed by atoms with van der Waals surface area (Å²) in [5.41, 5.74) is 5.12. The number of epoxide rings is 2. The highest BCUT2D eigenvalue weighted by atomic mass is 16.6. The van der Waals surface area contributed by atoms with Crippen molar-refractivity contribution in [2.75, 3.05) is 14.2 Å². The van der Waals surface area contributed by atoms with Gasteiger partial charge in [0, 0.05) is 14.2 Å². The first-order valence-corrected chi connectivity index (χ1v) is 12.3. The Kier molecular flexibility index (Phi) is 5.58. The van der Waals surface area contributed by atoms with Crippen LogP contribution in [-0.2, 0) is 18.9 Å². The summed E-state index contributed by atoms with van der Waals surface area (Å²) in [6.45, 7) is 0. The number of methoxy groups -OCH3 is 2. The summed E-state index contributed by atoms with van der Waals surface area (Å²) in [6.07, 6.45) is 8.76. The van der Waals surface area contributed by atoms with Crippen LogP contribution < -0.4 is 0 Å². The monoisotopic (exact) mass is 434 g/mol. The maximum Gasteiger partial charge on any atom is 0.0859 e. The van der Waals surface area contributed by atoms with Crippen molar-refractivity contribution in [2.45, 2.75) is 75.1 Å². The van der Waals surface area contributed by atoms with Crippen LogP contribution in [0.1, 0.15) is 61.9 Å². The molecule has 4 nitrogen and oxygen atoms in total. The third kappa shape index (κ3) is 3.81. The second-order valence-corrected chi connectivity index (χ2v) is 10.1. The lowest BCUT2D eigenvalue weighted by Gasteiger charge is -2.35. The number of benzene rings is 2. The van der Waals surface area contributed by atoms with Gasteiger partial charge in [0.1, 0.15) is 0 Å². The highest BCUT2D eigenvalue weighted by Gasteiger charge is 2.48. The van der Waals surface area contributed by atoms with Crippen molar-refractivity contribution in [3.05, 3.63) is 59.7 Å². The maximum atomic E-state index is 6.32. The molecule has 8 atom stereocenters.